The Balaban J connectivity index is 1.95. The zero-order valence-electron chi connectivity index (χ0n) is 10.2. The zero-order chi connectivity index (χ0) is 12.1. The third-order valence-electron chi connectivity index (χ3n) is 2.76. The Morgan fingerprint density at radius 2 is 1.94 bits per heavy atom. The molecule has 3 heteroatoms. The summed E-state index contributed by atoms with van der Waals surface area (Å²) in [5.41, 5.74) is 2.32. The minimum atomic E-state index is 0.464. The van der Waals surface area contributed by atoms with Crippen LogP contribution in [0.25, 0.3) is 0 Å². The molecular formula is C14H17N3. The molecule has 0 spiro atoms. The number of aromatic nitrogens is 2. The molecule has 0 aliphatic heterocycles. The van der Waals surface area contributed by atoms with E-state index in [9.17, 15) is 0 Å². The lowest BCUT2D eigenvalue weighted by Crippen LogP contribution is -2.11. The molecule has 0 bridgehead atoms. The molecule has 0 aliphatic rings. The van der Waals surface area contributed by atoms with E-state index in [1.807, 2.05) is 19.1 Å². The van der Waals surface area contributed by atoms with Gasteiger partial charge in [0.15, 0.2) is 0 Å². The van der Waals surface area contributed by atoms with Crippen molar-refractivity contribution in [2.24, 2.45) is 0 Å². The lowest BCUT2D eigenvalue weighted by Gasteiger charge is -2.13. The Hall–Kier alpha value is -1.90. The molecule has 0 fully saturated rings. The van der Waals surface area contributed by atoms with E-state index in [2.05, 4.69) is 46.5 Å². The van der Waals surface area contributed by atoms with Crippen LogP contribution < -0.4 is 5.32 Å². The van der Waals surface area contributed by atoms with Crippen LogP contribution in [0.5, 0.6) is 0 Å². The van der Waals surface area contributed by atoms with Crippen LogP contribution in [0.4, 0.5) is 5.82 Å². The number of hydrogen-bond donors (Lipinski definition) is 1. The molecule has 0 amide bonds. The van der Waals surface area contributed by atoms with Crippen molar-refractivity contribution >= 4 is 5.82 Å². The van der Waals surface area contributed by atoms with Crippen LogP contribution >= 0.6 is 0 Å². The molecule has 0 radical (unpaired) electrons. The largest absolute Gasteiger partial charge is 0.369 e. The van der Waals surface area contributed by atoms with E-state index in [-0.39, 0.29) is 0 Å². The first-order chi connectivity index (χ1) is 8.25. The van der Waals surface area contributed by atoms with Crippen LogP contribution in [0, 0.1) is 6.92 Å². The van der Waals surface area contributed by atoms with E-state index in [1.165, 1.54) is 5.56 Å². The van der Waals surface area contributed by atoms with Crippen molar-refractivity contribution in [3.8, 4) is 0 Å². The first kappa shape index (κ1) is 11.6. The van der Waals surface area contributed by atoms with Crippen molar-refractivity contribution in [2.45, 2.75) is 19.8 Å². The standard InChI is InChI=1S/C14H17N3/c1-11(13-6-4-3-5-7-13)9-15-14-8-12(2)16-10-17-14/h3-8,10-11H,9H2,1-2H3,(H,15,16,17). The third-order valence-corrected chi connectivity index (χ3v) is 2.76. The van der Waals surface area contributed by atoms with Gasteiger partial charge in [-0.3, -0.25) is 0 Å². The summed E-state index contributed by atoms with van der Waals surface area (Å²) in [5, 5.41) is 3.33. The van der Waals surface area contributed by atoms with Crippen LogP contribution in [0.2, 0.25) is 0 Å². The molecule has 1 atom stereocenters. The highest BCUT2D eigenvalue weighted by molar-refractivity contribution is 5.35. The maximum Gasteiger partial charge on any atom is 0.129 e. The molecule has 88 valence electrons. The number of nitrogens with one attached hydrogen (secondary N) is 1. The Bertz CT molecular complexity index is 468. The second-order valence-corrected chi connectivity index (χ2v) is 4.24. The molecule has 3 nitrogen and oxygen atoms in total. The summed E-state index contributed by atoms with van der Waals surface area (Å²) < 4.78 is 0. The second kappa shape index (κ2) is 5.43. The summed E-state index contributed by atoms with van der Waals surface area (Å²) in [6, 6.07) is 12.4. The summed E-state index contributed by atoms with van der Waals surface area (Å²) in [6.45, 7) is 5.05. The average Bonchev–Trinajstić information content (AvgIpc) is 2.37. The minimum absolute atomic E-state index is 0.464. The third kappa shape index (κ3) is 3.28. The van der Waals surface area contributed by atoms with Crippen LogP contribution in [-0.4, -0.2) is 16.5 Å². The van der Waals surface area contributed by atoms with Gasteiger partial charge < -0.3 is 5.32 Å². The van der Waals surface area contributed by atoms with Gasteiger partial charge in [-0.05, 0) is 18.4 Å². The average molecular weight is 227 g/mol. The lowest BCUT2D eigenvalue weighted by molar-refractivity contribution is 0.800. The number of hydrogen-bond acceptors (Lipinski definition) is 3. The van der Waals surface area contributed by atoms with Crippen molar-refractivity contribution in [1.82, 2.24) is 9.97 Å². The van der Waals surface area contributed by atoms with Crippen molar-refractivity contribution in [3.63, 3.8) is 0 Å². The van der Waals surface area contributed by atoms with Gasteiger partial charge in [-0.2, -0.15) is 0 Å². The fourth-order valence-corrected chi connectivity index (χ4v) is 1.71. The summed E-state index contributed by atoms with van der Waals surface area (Å²) >= 11 is 0. The topological polar surface area (TPSA) is 37.8 Å². The Labute approximate surface area is 102 Å². The van der Waals surface area contributed by atoms with E-state index < -0.39 is 0 Å². The van der Waals surface area contributed by atoms with Crippen molar-refractivity contribution in [2.75, 3.05) is 11.9 Å². The molecule has 2 rings (SSSR count). The van der Waals surface area contributed by atoms with E-state index in [0.717, 1.165) is 18.1 Å². The minimum Gasteiger partial charge on any atom is -0.369 e. The van der Waals surface area contributed by atoms with Crippen LogP contribution in [0.3, 0.4) is 0 Å². The quantitative estimate of drug-likeness (QED) is 0.872. The molecule has 0 aliphatic carbocycles. The monoisotopic (exact) mass is 227 g/mol. The van der Waals surface area contributed by atoms with Gasteiger partial charge in [0.05, 0.1) is 0 Å². The highest BCUT2D eigenvalue weighted by Crippen LogP contribution is 2.15. The number of anilines is 1. The van der Waals surface area contributed by atoms with Gasteiger partial charge in [0, 0.05) is 18.3 Å². The Kier molecular flexibility index (Phi) is 3.70. The molecule has 1 aromatic heterocycles. The number of benzene rings is 1. The Morgan fingerprint density at radius 3 is 2.65 bits per heavy atom. The summed E-state index contributed by atoms with van der Waals surface area (Å²) in [5.74, 6) is 1.35. The summed E-state index contributed by atoms with van der Waals surface area (Å²) in [7, 11) is 0. The smallest absolute Gasteiger partial charge is 0.129 e. The van der Waals surface area contributed by atoms with Crippen molar-refractivity contribution in [1.29, 1.82) is 0 Å². The molecule has 1 N–H and O–H groups in total. The molecule has 0 saturated heterocycles. The predicted molar refractivity (Wildman–Crippen MR) is 70.1 cm³/mol. The first-order valence-corrected chi connectivity index (χ1v) is 5.83. The zero-order valence-corrected chi connectivity index (χ0v) is 10.2. The van der Waals surface area contributed by atoms with Crippen molar-refractivity contribution in [3.05, 3.63) is 54.0 Å². The van der Waals surface area contributed by atoms with Gasteiger partial charge >= 0.3 is 0 Å². The lowest BCUT2D eigenvalue weighted by atomic mass is 10.0. The van der Waals surface area contributed by atoms with Crippen LogP contribution in [0.1, 0.15) is 24.1 Å². The number of rotatable bonds is 4. The summed E-state index contributed by atoms with van der Waals surface area (Å²) in [6.07, 6.45) is 1.59. The fourth-order valence-electron chi connectivity index (χ4n) is 1.71. The van der Waals surface area contributed by atoms with Crippen LogP contribution in [-0.2, 0) is 0 Å². The maximum absolute atomic E-state index is 4.18. The first-order valence-electron chi connectivity index (χ1n) is 5.83. The number of aryl methyl sites for hydroxylation is 1. The predicted octanol–water partition coefficient (Wildman–Crippen LogP) is 3.00. The normalized spacial score (nSPS) is 12.1. The van der Waals surface area contributed by atoms with Crippen LogP contribution in [0.15, 0.2) is 42.7 Å². The van der Waals surface area contributed by atoms with E-state index in [4.69, 9.17) is 0 Å². The molecule has 0 saturated carbocycles. The van der Waals surface area contributed by atoms with Gasteiger partial charge in [-0.1, -0.05) is 37.3 Å². The van der Waals surface area contributed by atoms with Gasteiger partial charge in [-0.15, -0.1) is 0 Å². The highest BCUT2D eigenvalue weighted by atomic mass is 15.0. The molecule has 1 heterocycles. The molecule has 1 unspecified atom stereocenters. The van der Waals surface area contributed by atoms with Gasteiger partial charge in [0.1, 0.15) is 12.1 Å². The fraction of sp³-hybridized carbons (Fsp3) is 0.286. The maximum atomic E-state index is 4.18. The van der Waals surface area contributed by atoms with Gasteiger partial charge in [-0.25, -0.2) is 9.97 Å². The molecule has 1 aromatic carbocycles. The van der Waals surface area contributed by atoms with Gasteiger partial charge in [0.25, 0.3) is 0 Å². The Morgan fingerprint density at radius 1 is 1.18 bits per heavy atom. The molecule has 2 aromatic rings. The van der Waals surface area contributed by atoms with E-state index in [1.54, 1.807) is 6.33 Å². The van der Waals surface area contributed by atoms with Gasteiger partial charge in [0.2, 0.25) is 0 Å². The molecule has 17 heavy (non-hydrogen) atoms. The van der Waals surface area contributed by atoms with E-state index >= 15 is 0 Å². The molecular weight excluding hydrogens is 210 g/mol. The van der Waals surface area contributed by atoms with Crippen molar-refractivity contribution < 1.29 is 0 Å². The SMILES string of the molecule is Cc1cc(NCC(C)c2ccccc2)ncn1. The highest BCUT2D eigenvalue weighted by Gasteiger charge is 2.04. The summed E-state index contributed by atoms with van der Waals surface area (Å²) in [4.78, 5) is 8.26. The number of nitrogens with zero attached hydrogens (tertiary/aromatic N) is 2. The second-order valence-electron chi connectivity index (χ2n) is 4.24. The van der Waals surface area contributed by atoms with E-state index in [0.29, 0.717) is 5.92 Å².